The average Bonchev–Trinajstić information content (AvgIpc) is 3.22. The molecular formula is C19H35IN6O2S. The van der Waals surface area contributed by atoms with Crippen molar-refractivity contribution in [1.82, 2.24) is 24.7 Å². The van der Waals surface area contributed by atoms with E-state index in [1.54, 1.807) is 0 Å². The van der Waals surface area contributed by atoms with Gasteiger partial charge >= 0.3 is 0 Å². The first-order chi connectivity index (χ1) is 13.4. The van der Waals surface area contributed by atoms with Gasteiger partial charge in [-0.15, -0.1) is 24.0 Å². The van der Waals surface area contributed by atoms with E-state index in [2.05, 4.69) is 31.2 Å². The van der Waals surface area contributed by atoms with E-state index in [1.165, 1.54) is 12.0 Å². The second-order valence-electron chi connectivity index (χ2n) is 8.03. The number of hydrogen-bond donors (Lipinski definition) is 2. The summed E-state index contributed by atoms with van der Waals surface area (Å²) in [6.07, 6.45) is 9.64. The maximum Gasteiger partial charge on any atom is 0.213 e. The summed E-state index contributed by atoms with van der Waals surface area (Å²) >= 11 is 0. The molecule has 0 bridgehead atoms. The third-order valence-electron chi connectivity index (χ3n) is 5.64. The van der Waals surface area contributed by atoms with E-state index in [-0.39, 0.29) is 36.3 Å². The fourth-order valence-electron chi connectivity index (χ4n) is 3.81. The molecule has 1 unspecified atom stereocenters. The molecule has 29 heavy (non-hydrogen) atoms. The van der Waals surface area contributed by atoms with E-state index in [1.807, 2.05) is 24.9 Å². The number of likely N-dealkylation sites (tertiary alicyclic amines) is 1. The molecule has 1 saturated heterocycles. The van der Waals surface area contributed by atoms with Crippen LogP contribution in [-0.4, -0.2) is 67.5 Å². The van der Waals surface area contributed by atoms with Crippen LogP contribution in [0.4, 0.5) is 0 Å². The largest absolute Gasteiger partial charge is 0.357 e. The monoisotopic (exact) mass is 538 g/mol. The van der Waals surface area contributed by atoms with Crippen LogP contribution in [0, 0.1) is 11.8 Å². The molecule has 2 heterocycles. The Balaban J connectivity index is 0.00000300. The minimum Gasteiger partial charge on any atom is -0.357 e. The number of hydrogen-bond acceptors (Lipinski definition) is 4. The molecule has 1 atom stereocenters. The van der Waals surface area contributed by atoms with Crippen LogP contribution in [-0.2, 0) is 23.5 Å². The highest BCUT2D eigenvalue weighted by Crippen LogP contribution is 2.25. The van der Waals surface area contributed by atoms with Crippen molar-refractivity contribution < 1.29 is 8.42 Å². The van der Waals surface area contributed by atoms with Gasteiger partial charge in [0.2, 0.25) is 10.0 Å². The van der Waals surface area contributed by atoms with Gasteiger partial charge in [-0.05, 0) is 50.0 Å². The first kappa shape index (κ1) is 24.4. The summed E-state index contributed by atoms with van der Waals surface area (Å²) in [5, 5.41) is 7.56. The molecule has 1 aliphatic heterocycles. The number of guanidine groups is 1. The summed E-state index contributed by atoms with van der Waals surface area (Å²) in [4.78, 5) is 6.83. The minimum absolute atomic E-state index is 0. The molecular weight excluding hydrogens is 503 g/mol. The van der Waals surface area contributed by atoms with E-state index in [0.717, 1.165) is 51.3 Å². The van der Waals surface area contributed by atoms with E-state index >= 15 is 0 Å². The summed E-state index contributed by atoms with van der Waals surface area (Å²) in [6, 6.07) is 0. The number of nitrogens with zero attached hydrogens (tertiary/aromatic N) is 4. The first-order valence-electron chi connectivity index (χ1n) is 10.4. The van der Waals surface area contributed by atoms with Crippen molar-refractivity contribution in [2.75, 3.05) is 38.5 Å². The minimum atomic E-state index is -3.25. The van der Waals surface area contributed by atoms with Gasteiger partial charge in [0.1, 0.15) is 0 Å². The van der Waals surface area contributed by atoms with E-state index in [4.69, 9.17) is 0 Å². The molecule has 3 rings (SSSR count). The molecule has 1 aliphatic carbocycles. The summed E-state index contributed by atoms with van der Waals surface area (Å²) < 4.78 is 28.9. The second kappa shape index (κ2) is 11.5. The van der Waals surface area contributed by atoms with Gasteiger partial charge in [-0.1, -0.05) is 6.42 Å². The molecule has 1 saturated carbocycles. The lowest BCUT2D eigenvalue weighted by Crippen LogP contribution is -2.41. The Bertz CT molecular complexity index is 763. The van der Waals surface area contributed by atoms with E-state index in [0.29, 0.717) is 18.4 Å². The Morgan fingerprint density at radius 1 is 1.31 bits per heavy atom. The highest BCUT2D eigenvalue weighted by atomic mass is 127. The predicted molar refractivity (Wildman–Crippen MR) is 127 cm³/mol. The number of sulfonamides is 1. The van der Waals surface area contributed by atoms with Crippen LogP contribution in [0.15, 0.2) is 17.4 Å². The van der Waals surface area contributed by atoms with Gasteiger partial charge in [0, 0.05) is 39.4 Å². The fourth-order valence-corrected chi connectivity index (χ4v) is 4.78. The molecule has 166 valence electrons. The van der Waals surface area contributed by atoms with Crippen molar-refractivity contribution >= 4 is 40.0 Å². The number of rotatable bonds is 9. The molecule has 0 aromatic carbocycles. The van der Waals surface area contributed by atoms with Crippen LogP contribution in [0.25, 0.3) is 0 Å². The normalized spacial score (nSPS) is 20.4. The van der Waals surface area contributed by atoms with Crippen LogP contribution in [0.1, 0.15) is 38.2 Å². The zero-order valence-electron chi connectivity index (χ0n) is 17.5. The van der Waals surface area contributed by atoms with Crippen molar-refractivity contribution in [1.29, 1.82) is 0 Å². The number of halogens is 1. The van der Waals surface area contributed by atoms with Gasteiger partial charge in [0.05, 0.1) is 18.5 Å². The number of aryl methyl sites for hydroxylation is 1. The topological polar surface area (TPSA) is 91.6 Å². The van der Waals surface area contributed by atoms with Crippen LogP contribution >= 0.6 is 24.0 Å². The van der Waals surface area contributed by atoms with Gasteiger partial charge in [-0.2, -0.15) is 5.10 Å². The smallest absolute Gasteiger partial charge is 0.213 e. The number of aliphatic imine (C=N–C) groups is 1. The van der Waals surface area contributed by atoms with Gasteiger partial charge in [0.15, 0.2) is 5.96 Å². The molecule has 2 aliphatic rings. The molecule has 8 nitrogen and oxygen atoms in total. The van der Waals surface area contributed by atoms with E-state index < -0.39 is 10.0 Å². The first-order valence-corrected chi connectivity index (χ1v) is 12.1. The summed E-state index contributed by atoms with van der Waals surface area (Å²) in [5.74, 6) is 1.96. The van der Waals surface area contributed by atoms with Crippen molar-refractivity contribution in [2.24, 2.45) is 23.9 Å². The van der Waals surface area contributed by atoms with E-state index in [9.17, 15) is 8.42 Å². The van der Waals surface area contributed by atoms with Crippen LogP contribution < -0.4 is 10.0 Å². The molecule has 0 radical (unpaired) electrons. The van der Waals surface area contributed by atoms with Gasteiger partial charge in [0.25, 0.3) is 0 Å². The summed E-state index contributed by atoms with van der Waals surface area (Å²) in [5.41, 5.74) is 1.26. The third kappa shape index (κ3) is 7.71. The Kier molecular flexibility index (Phi) is 9.67. The molecule has 2 fully saturated rings. The Morgan fingerprint density at radius 2 is 2.10 bits per heavy atom. The zero-order valence-corrected chi connectivity index (χ0v) is 20.7. The summed E-state index contributed by atoms with van der Waals surface area (Å²) in [7, 11) is -1.31. The fraction of sp³-hybridized carbons (Fsp3) is 0.789. The Hall–Kier alpha value is -0.880. The lowest BCUT2D eigenvalue weighted by molar-refractivity contribution is 0.316. The van der Waals surface area contributed by atoms with Crippen molar-refractivity contribution in [3.63, 3.8) is 0 Å². The highest BCUT2D eigenvalue weighted by molar-refractivity contribution is 14.0. The molecule has 10 heteroatoms. The van der Waals surface area contributed by atoms with Gasteiger partial charge in [-0.3, -0.25) is 9.67 Å². The zero-order chi connectivity index (χ0) is 20.0. The maximum atomic E-state index is 12.2. The lowest BCUT2D eigenvalue weighted by atomic mass is 9.86. The maximum absolute atomic E-state index is 12.2. The third-order valence-corrected chi connectivity index (χ3v) is 6.97. The SMILES string of the molecule is CCNC(=NCCS(=O)(=O)NCC1CCC1)N1CCC(Cc2cnn(C)c2)C1.I. The van der Waals surface area contributed by atoms with Gasteiger partial charge in [-0.25, -0.2) is 13.1 Å². The summed E-state index contributed by atoms with van der Waals surface area (Å²) in [6.45, 7) is 5.56. The number of aromatic nitrogens is 2. The molecule has 2 N–H and O–H groups in total. The van der Waals surface area contributed by atoms with Crippen molar-refractivity contribution in [2.45, 2.75) is 39.0 Å². The molecule has 0 spiro atoms. The van der Waals surface area contributed by atoms with Crippen LogP contribution in [0.2, 0.25) is 0 Å². The standard InChI is InChI=1S/C19H34N6O2S.HI/c1-3-20-19(21-8-10-28(26,27)23-13-16-5-4-6-16)25-9-7-17(15-25)11-18-12-22-24(2)14-18;/h12,14,16-17,23H,3-11,13,15H2,1-2H3,(H,20,21);1H. The number of nitrogens with one attached hydrogen (secondary N) is 2. The van der Waals surface area contributed by atoms with Gasteiger partial charge < -0.3 is 10.2 Å². The van der Waals surface area contributed by atoms with Crippen molar-refractivity contribution in [3.8, 4) is 0 Å². The second-order valence-corrected chi connectivity index (χ2v) is 9.95. The molecule has 1 aromatic rings. The van der Waals surface area contributed by atoms with Crippen LogP contribution in [0.3, 0.4) is 0 Å². The highest BCUT2D eigenvalue weighted by Gasteiger charge is 2.25. The van der Waals surface area contributed by atoms with Crippen LogP contribution in [0.5, 0.6) is 0 Å². The predicted octanol–water partition coefficient (Wildman–Crippen LogP) is 1.59. The molecule has 1 aromatic heterocycles. The Morgan fingerprint density at radius 3 is 2.72 bits per heavy atom. The Labute approximate surface area is 192 Å². The average molecular weight is 539 g/mol. The molecule has 0 amide bonds. The quantitative estimate of drug-likeness (QED) is 0.283. The lowest BCUT2D eigenvalue weighted by Gasteiger charge is -2.25. The van der Waals surface area contributed by atoms with Crippen molar-refractivity contribution in [3.05, 3.63) is 18.0 Å².